The van der Waals surface area contributed by atoms with Crippen molar-refractivity contribution in [3.05, 3.63) is 65.7 Å². The second-order valence-electron chi connectivity index (χ2n) is 7.24. The first-order valence-corrected chi connectivity index (χ1v) is 10.9. The lowest BCUT2D eigenvalue weighted by atomic mass is 10.0. The zero-order valence-electron chi connectivity index (χ0n) is 15.4. The molecule has 1 atom stereocenters. The van der Waals surface area contributed by atoms with Crippen LogP contribution in [0.2, 0.25) is 0 Å². The maximum absolute atomic E-state index is 14.6. The Morgan fingerprint density at radius 2 is 1.61 bits per heavy atom. The third-order valence-corrected chi connectivity index (χ3v) is 8.39. The third kappa shape index (κ3) is 3.66. The lowest BCUT2D eigenvalue weighted by Gasteiger charge is -2.43. The number of nitrogens with zero attached hydrogens (tertiary/aromatic N) is 1. The first kappa shape index (κ1) is 19.7. The summed E-state index contributed by atoms with van der Waals surface area (Å²) in [6.07, 6.45) is -1.11. The second kappa shape index (κ2) is 7.34. The molecule has 1 fully saturated rings. The highest BCUT2D eigenvalue weighted by molar-refractivity contribution is 8.27. The van der Waals surface area contributed by atoms with Crippen LogP contribution in [0.4, 0.5) is 18.9 Å². The Bertz CT molecular complexity index is 859. The summed E-state index contributed by atoms with van der Waals surface area (Å²) in [7, 11) is 0. The molecular formula is C21H21F3N2S2. The van der Waals surface area contributed by atoms with E-state index in [2.05, 4.69) is 10.3 Å². The van der Waals surface area contributed by atoms with Crippen molar-refractivity contribution in [2.45, 2.75) is 47.7 Å². The van der Waals surface area contributed by atoms with Gasteiger partial charge in [-0.1, -0.05) is 84.4 Å². The fourth-order valence-corrected chi connectivity index (χ4v) is 7.22. The normalized spacial score (nSPS) is 24.2. The molecule has 1 aliphatic heterocycles. The molecule has 148 valence electrons. The molecule has 1 aliphatic carbocycles. The molecule has 28 heavy (non-hydrogen) atoms. The minimum atomic E-state index is -4.51. The van der Waals surface area contributed by atoms with Crippen molar-refractivity contribution in [3.8, 4) is 0 Å². The monoisotopic (exact) mass is 422 g/mol. The lowest BCUT2D eigenvalue weighted by molar-refractivity contribution is -0.160. The molecule has 7 heteroatoms. The number of halogens is 3. The summed E-state index contributed by atoms with van der Waals surface area (Å²) in [5.41, 5.74) is 1.86. The smallest absolute Gasteiger partial charge is 0.335 e. The van der Waals surface area contributed by atoms with Gasteiger partial charge in [-0.05, 0) is 37.5 Å². The highest BCUT2D eigenvalue weighted by Gasteiger charge is 2.63. The summed E-state index contributed by atoms with van der Waals surface area (Å²) in [5, 5.41) is 3.48. The van der Waals surface area contributed by atoms with Gasteiger partial charge in [0.2, 0.25) is 4.87 Å². The maximum atomic E-state index is 14.6. The van der Waals surface area contributed by atoms with Gasteiger partial charge in [0.15, 0.2) is 5.17 Å². The minimum absolute atomic E-state index is 0.189. The Hall–Kier alpha value is -1.60. The van der Waals surface area contributed by atoms with E-state index in [1.807, 2.05) is 37.3 Å². The first-order chi connectivity index (χ1) is 13.3. The fourth-order valence-electron chi connectivity index (χ4n) is 3.66. The van der Waals surface area contributed by atoms with Crippen LogP contribution >= 0.6 is 23.5 Å². The van der Waals surface area contributed by atoms with Gasteiger partial charge in [0.05, 0.1) is 4.08 Å². The number of hydrogen-bond acceptors (Lipinski definition) is 4. The van der Waals surface area contributed by atoms with Crippen LogP contribution in [-0.2, 0) is 4.87 Å². The Kier molecular flexibility index (Phi) is 5.16. The summed E-state index contributed by atoms with van der Waals surface area (Å²) in [6, 6.07) is 15.9. The van der Waals surface area contributed by atoms with Crippen molar-refractivity contribution in [2.75, 3.05) is 5.32 Å². The van der Waals surface area contributed by atoms with Crippen LogP contribution in [0.25, 0.3) is 0 Å². The zero-order valence-corrected chi connectivity index (χ0v) is 17.1. The number of alkyl halides is 3. The van der Waals surface area contributed by atoms with Gasteiger partial charge in [-0.2, -0.15) is 13.2 Å². The van der Waals surface area contributed by atoms with Crippen LogP contribution in [0.5, 0.6) is 0 Å². The number of anilines is 1. The molecule has 2 aromatic rings. The number of amidine groups is 1. The summed E-state index contributed by atoms with van der Waals surface area (Å²) in [5.74, 6) is 0. The third-order valence-electron chi connectivity index (χ3n) is 5.09. The number of benzene rings is 2. The number of aryl methyl sites for hydroxylation is 1. The van der Waals surface area contributed by atoms with E-state index in [0.717, 1.165) is 48.7 Å². The molecule has 1 saturated carbocycles. The van der Waals surface area contributed by atoms with Crippen LogP contribution in [0.15, 0.2) is 59.6 Å². The lowest BCUT2D eigenvalue weighted by Crippen LogP contribution is -2.45. The molecule has 1 N–H and O–H groups in total. The molecule has 0 bridgehead atoms. The van der Waals surface area contributed by atoms with Crippen LogP contribution in [0, 0.1) is 6.92 Å². The minimum Gasteiger partial charge on any atom is -0.335 e. The summed E-state index contributed by atoms with van der Waals surface area (Å²) in [4.78, 5) is 2.01. The van der Waals surface area contributed by atoms with Crippen molar-refractivity contribution in [3.63, 3.8) is 0 Å². The Labute approximate surface area is 171 Å². The van der Waals surface area contributed by atoms with E-state index in [4.69, 9.17) is 0 Å². The largest absolute Gasteiger partial charge is 0.427 e. The molecule has 2 aliphatic rings. The molecule has 0 saturated heterocycles. The van der Waals surface area contributed by atoms with E-state index >= 15 is 0 Å². The van der Waals surface area contributed by atoms with Gasteiger partial charge in [-0.25, -0.2) is 4.99 Å². The highest BCUT2D eigenvalue weighted by Crippen LogP contribution is 2.65. The summed E-state index contributed by atoms with van der Waals surface area (Å²) in [6.45, 7) is 1.87. The van der Waals surface area contributed by atoms with Gasteiger partial charge >= 0.3 is 6.18 Å². The molecule has 1 spiro atoms. The van der Waals surface area contributed by atoms with E-state index in [-0.39, 0.29) is 5.56 Å². The highest BCUT2D eigenvalue weighted by atomic mass is 32.2. The van der Waals surface area contributed by atoms with Gasteiger partial charge in [-0.3, -0.25) is 0 Å². The van der Waals surface area contributed by atoms with Gasteiger partial charge in [0, 0.05) is 5.69 Å². The molecule has 2 aromatic carbocycles. The van der Waals surface area contributed by atoms with E-state index in [1.54, 1.807) is 24.3 Å². The number of nitrogens with one attached hydrogen (secondary N) is 1. The van der Waals surface area contributed by atoms with Crippen molar-refractivity contribution in [1.82, 2.24) is 0 Å². The van der Waals surface area contributed by atoms with Crippen molar-refractivity contribution in [1.29, 1.82) is 0 Å². The standard InChI is InChI=1S/C21H21F3N2S2/c1-15-9-11-16(12-10-15)20(21(22,23)24)26-18(25-17-7-3-2-4-8-17)27-19(28-20)13-5-6-14-19/h2-4,7-12H,5-6,13-14H2,1H3,(H,25,26). The van der Waals surface area contributed by atoms with Crippen molar-refractivity contribution < 1.29 is 13.2 Å². The predicted molar refractivity (Wildman–Crippen MR) is 113 cm³/mol. The van der Waals surface area contributed by atoms with E-state index in [0.29, 0.717) is 5.17 Å². The molecule has 4 rings (SSSR count). The number of hydrogen-bond donors (Lipinski definition) is 1. The van der Waals surface area contributed by atoms with Gasteiger partial charge in [0.25, 0.3) is 0 Å². The van der Waals surface area contributed by atoms with Crippen LogP contribution in [0.1, 0.15) is 36.8 Å². The molecule has 0 radical (unpaired) electrons. The van der Waals surface area contributed by atoms with E-state index in [9.17, 15) is 13.2 Å². The summed E-state index contributed by atoms with van der Waals surface area (Å²) >= 11 is 2.43. The summed E-state index contributed by atoms with van der Waals surface area (Å²) < 4.78 is 43.2. The number of aliphatic imine (C=N–C) groups is 1. The SMILES string of the molecule is Cc1ccc(C2(C(F)(F)F)N=C(Nc3ccccc3)SC3(CCCC3)S2)cc1. The maximum Gasteiger partial charge on any atom is 0.427 e. The van der Waals surface area contributed by atoms with Gasteiger partial charge in [-0.15, -0.1) is 0 Å². The molecule has 2 nitrogen and oxygen atoms in total. The Morgan fingerprint density at radius 1 is 0.964 bits per heavy atom. The molecule has 0 aromatic heterocycles. The van der Waals surface area contributed by atoms with Crippen LogP contribution in [-0.4, -0.2) is 15.4 Å². The predicted octanol–water partition coefficient (Wildman–Crippen LogP) is 6.93. The molecule has 1 unspecified atom stereocenters. The number of thioether (sulfide) groups is 2. The Morgan fingerprint density at radius 3 is 2.21 bits per heavy atom. The van der Waals surface area contributed by atoms with Crippen molar-refractivity contribution >= 4 is 34.4 Å². The average Bonchev–Trinajstić information content (AvgIpc) is 3.09. The topological polar surface area (TPSA) is 24.4 Å². The zero-order chi connectivity index (χ0) is 19.8. The quantitative estimate of drug-likeness (QED) is 0.568. The van der Waals surface area contributed by atoms with E-state index in [1.165, 1.54) is 11.8 Å². The molecule has 1 heterocycles. The Balaban J connectivity index is 1.84. The second-order valence-corrected chi connectivity index (χ2v) is 10.4. The van der Waals surface area contributed by atoms with Gasteiger partial charge < -0.3 is 5.32 Å². The molecular weight excluding hydrogens is 401 g/mol. The van der Waals surface area contributed by atoms with Crippen LogP contribution < -0.4 is 5.32 Å². The van der Waals surface area contributed by atoms with Gasteiger partial charge in [0.1, 0.15) is 0 Å². The fraction of sp³-hybridized carbons (Fsp3) is 0.381. The first-order valence-electron chi connectivity index (χ1n) is 9.27. The average molecular weight is 423 g/mol. The molecule has 0 amide bonds. The van der Waals surface area contributed by atoms with Crippen LogP contribution in [0.3, 0.4) is 0 Å². The number of para-hydroxylation sites is 1. The van der Waals surface area contributed by atoms with E-state index < -0.39 is 15.1 Å². The van der Waals surface area contributed by atoms with Crippen molar-refractivity contribution in [2.24, 2.45) is 4.99 Å². The number of rotatable bonds is 2.